The molecule has 2 aromatic carbocycles. The maximum absolute atomic E-state index is 14.2. The van der Waals surface area contributed by atoms with Gasteiger partial charge in [0.1, 0.15) is 6.67 Å². The quantitative estimate of drug-likeness (QED) is 0.458. The average Bonchev–Trinajstić information content (AvgIpc) is 3.51. The van der Waals surface area contributed by atoms with E-state index in [9.17, 15) is 9.59 Å². The second-order valence-electron chi connectivity index (χ2n) is 11.2. The van der Waals surface area contributed by atoms with Crippen molar-refractivity contribution < 1.29 is 9.59 Å². The van der Waals surface area contributed by atoms with Gasteiger partial charge in [-0.1, -0.05) is 32.1 Å². The minimum absolute atomic E-state index is 0.0719. The average molecular weight is 600 g/mol. The van der Waals surface area contributed by atoms with E-state index in [-0.39, 0.29) is 17.9 Å². The molecule has 3 aliphatic heterocycles. The molecule has 0 saturated carbocycles. The van der Waals surface area contributed by atoms with E-state index in [1.165, 1.54) is 5.56 Å². The number of halogens is 1. The molecule has 1 aromatic heterocycles. The first-order valence-electron chi connectivity index (χ1n) is 14.1. The van der Waals surface area contributed by atoms with Crippen molar-refractivity contribution in [2.24, 2.45) is 9.98 Å². The van der Waals surface area contributed by atoms with Gasteiger partial charge in [0.2, 0.25) is 5.91 Å². The number of aromatic nitrogens is 2. The SMILES string of the molecule is CC(C)c1ccc(-n2nc3c4c2CCN(C(=O)c2ccc(Br)c5c2=NCN=5)C4CN(C(=O)C2=CCC2)CC3)cc1. The number of fused-ring (bicyclic) bond motifs is 1. The number of rotatable bonds is 4. The van der Waals surface area contributed by atoms with Gasteiger partial charge in [0.25, 0.3) is 5.91 Å². The molecule has 0 radical (unpaired) electrons. The number of carbonyl (C=O) groups excluding carboxylic acids is 2. The van der Waals surface area contributed by atoms with Crippen molar-refractivity contribution in [2.45, 2.75) is 51.5 Å². The summed E-state index contributed by atoms with van der Waals surface area (Å²) in [5.74, 6) is 0.475. The van der Waals surface area contributed by atoms with Gasteiger partial charge in [-0.15, -0.1) is 0 Å². The maximum Gasteiger partial charge on any atom is 0.256 e. The molecule has 7 rings (SSSR count). The smallest absolute Gasteiger partial charge is 0.256 e. The predicted molar refractivity (Wildman–Crippen MR) is 154 cm³/mol. The van der Waals surface area contributed by atoms with Gasteiger partial charge in [-0.05, 0) is 64.5 Å². The van der Waals surface area contributed by atoms with E-state index in [0.29, 0.717) is 56.0 Å². The summed E-state index contributed by atoms with van der Waals surface area (Å²) in [5.41, 5.74) is 6.98. The number of hydrogen-bond acceptors (Lipinski definition) is 5. The fourth-order valence-corrected chi connectivity index (χ4v) is 6.74. The van der Waals surface area contributed by atoms with Crippen molar-refractivity contribution in [1.82, 2.24) is 19.6 Å². The molecule has 0 saturated heterocycles. The summed E-state index contributed by atoms with van der Waals surface area (Å²) in [5, 5.41) is 6.49. The lowest BCUT2D eigenvalue weighted by Crippen LogP contribution is -2.48. The standard InChI is InChI=1S/C31H31BrN6O2/c1-18(2)19-6-8-21(9-7-19)38-25-13-15-37(31(40)22-10-11-23(32)29-28(22)33-17-34-29)26-16-36(30(39)20-4-3-5-20)14-12-24(35-38)27(25)26/h4,6-11,18,26H,3,5,12-17H2,1-2H3. The molecule has 2 amide bonds. The zero-order chi connectivity index (χ0) is 27.5. The molecule has 0 fully saturated rings. The van der Waals surface area contributed by atoms with Crippen molar-refractivity contribution in [3.05, 3.63) is 91.3 Å². The van der Waals surface area contributed by atoms with Gasteiger partial charge in [-0.3, -0.25) is 19.6 Å². The summed E-state index contributed by atoms with van der Waals surface area (Å²) in [6.07, 6.45) is 5.17. The Morgan fingerprint density at radius 1 is 0.950 bits per heavy atom. The molecule has 1 aliphatic carbocycles. The van der Waals surface area contributed by atoms with Crippen molar-refractivity contribution in [3.8, 4) is 5.69 Å². The molecule has 1 unspecified atom stereocenters. The van der Waals surface area contributed by atoms with Crippen LogP contribution in [0.5, 0.6) is 0 Å². The van der Waals surface area contributed by atoms with Crippen LogP contribution in [0.15, 0.2) is 62.5 Å². The Labute approximate surface area is 241 Å². The third-order valence-electron chi connectivity index (χ3n) is 8.63. The predicted octanol–water partition coefficient (Wildman–Crippen LogP) is 3.81. The fourth-order valence-electron chi connectivity index (χ4n) is 6.29. The zero-order valence-electron chi connectivity index (χ0n) is 22.7. The van der Waals surface area contributed by atoms with Gasteiger partial charge in [0.05, 0.1) is 39.4 Å². The lowest BCUT2D eigenvalue weighted by molar-refractivity contribution is -0.128. The Morgan fingerprint density at radius 2 is 1.73 bits per heavy atom. The van der Waals surface area contributed by atoms with Crippen LogP contribution in [-0.4, -0.2) is 57.7 Å². The van der Waals surface area contributed by atoms with E-state index in [0.717, 1.165) is 50.9 Å². The number of benzene rings is 2. The van der Waals surface area contributed by atoms with Crippen LogP contribution in [-0.2, 0) is 17.6 Å². The fraction of sp³-hybridized carbons (Fsp3) is 0.387. The van der Waals surface area contributed by atoms with Crippen LogP contribution < -0.4 is 10.7 Å². The highest BCUT2D eigenvalue weighted by Gasteiger charge is 2.41. The minimum Gasteiger partial charge on any atom is -0.336 e. The number of carbonyl (C=O) groups is 2. The van der Waals surface area contributed by atoms with Crippen LogP contribution >= 0.6 is 15.9 Å². The molecule has 0 bridgehead atoms. The van der Waals surface area contributed by atoms with Crippen molar-refractivity contribution in [2.75, 3.05) is 26.3 Å². The number of amides is 2. The van der Waals surface area contributed by atoms with Crippen LogP contribution in [0.2, 0.25) is 0 Å². The molecule has 0 N–H and O–H groups in total. The van der Waals surface area contributed by atoms with E-state index >= 15 is 0 Å². The van der Waals surface area contributed by atoms with Gasteiger partial charge in [0, 0.05) is 48.1 Å². The third kappa shape index (κ3) is 4.05. The van der Waals surface area contributed by atoms with Crippen molar-refractivity contribution >= 4 is 27.7 Å². The summed E-state index contributed by atoms with van der Waals surface area (Å²) >= 11 is 3.55. The highest BCUT2D eigenvalue weighted by molar-refractivity contribution is 9.10. The summed E-state index contributed by atoms with van der Waals surface area (Å²) in [7, 11) is 0. The molecule has 9 heteroatoms. The molecular formula is C31H31BrN6O2. The molecule has 204 valence electrons. The first kappa shape index (κ1) is 25.4. The van der Waals surface area contributed by atoms with E-state index in [4.69, 9.17) is 5.10 Å². The Bertz CT molecular complexity index is 1700. The summed E-state index contributed by atoms with van der Waals surface area (Å²) in [6, 6.07) is 12.1. The lowest BCUT2D eigenvalue weighted by atomic mass is 9.94. The van der Waals surface area contributed by atoms with Gasteiger partial charge < -0.3 is 9.80 Å². The van der Waals surface area contributed by atoms with E-state index in [2.05, 4.69) is 68.7 Å². The Balaban J connectivity index is 1.31. The van der Waals surface area contributed by atoms with Gasteiger partial charge in [0.15, 0.2) is 0 Å². The number of nitrogens with zero attached hydrogens (tertiary/aromatic N) is 6. The Kier molecular flexibility index (Phi) is 6.22. The lowest BCUT2D eigenvalue weighted by Gasteiger charge is -2.38. The largest absolute Gasteiger partial charge is 0.336 e. The van der Waals surface area contributed by atoms with Crippen LogP contribution in [0.25, 0.3) is 5.69 Å². The molecule has 3 aromatic rings. The van der Waals surface area contributed by atoms with E-state index in [1.807, 2.05) is 28.0 Å². The van der Waals surface area contributed by atoms with E-state index in [1.54, 1.807) is 0 Å². The number of hydrogen-bond donors (Lipinski definition) is 0. The molecule has 4 heterocycles. The Morgan fingerprint density at radius 3 is 2.45 bits per heavy atom. The van der Waals surface area contributed by atoms with Gasteiger partial charge in [-0.25, -0.2) is 4.68 Å². The van der Waals surface area contributed by atoms with Crippen LogP contribution in [0.3, 0.4) is 0 Å². The Hall–Kier alpha value is -3.59. The molecule has 0 spiro atoms. The van der Waals surface area contributed by atoms with Crippen LogP contribution in [0, 0.1) is 0 Å². The van der Waals surface area contributed by atoms with Crippen molar-refractivity contribution in [3.63, 3.8) is 0 Å². The van der Waals surface area contributed by atoms with Crippen LogP contribution in [0.4, 0.5) is 0 Å². The highest BCUT2D eigenvalue weighted by atomic mass is 79.9. The van der Waals surface area contributed by atoms with Gasteiger partial charge >= 0.3 is 0 Å². The minimum atomic E-state index is -0.278. The van der Waals surface area contributed by atoms with Gasteiger partial charge in [-0.2, -0.15) is 5.10 Å². The second kappa shape index (κ2) is 9.80. The van der Waals surface area contributed by atoms with Crippen LogP contribution in [0.1, 0.15) is 71.5 Å². The molecule has 40 heavy (non-hydrogen) atoms. The normalized spacial score (nSPS) is 19.2. The number of allylic oxidation sites excluding steroid dienone is 1. The monoisotopic (exact) mass is 598 g/mol. The summed E-state index contributed by atoms with van der Waals surface area (Å²) < 4.78 is 2.91. The maximum atomic E-state index is 14.2. The van der Waals surface area contributed by atoms with E-state index < -0.39 is 0 Å². The molecule has 1 atom stereocenters. The summed E-state index contributed by atoms with van der Waals surface area (Å²) in [6.45, 7) is 6.31. The molecule has 8 nitrogen and oxygen atoms in total. The molecule has 4 aliphatic rings. The third-order valence-corrected chi connectivity index (χ3v) is 9.27. The zero-order valence-corrected chi connectivity index (χ0v) is 24.3. The highest BCUT2D eigenvalue weighted by Crippen LogP contribution is 2.38. The topological polar surface area (TPSA) is 83.2 Å². The van der Waals surface area contributed by atoms with Crippen molar-refractivity contribution in [1.29, 1.82) is 0 Å². The molecular weight excluding hydrogens is 568 g/mol. The second-order valence-corrected chi connectivity index (χ2v) is 12.1. The first-order valence-corrected chi connectivity index (χ1v) is 14.9. The first-order chi connectivity index (χ1) is 19.4. The summed E-state index contributed by atoms with van der Waals surface area (Å²) in [4.78, 5) is 40.5.